The Morgan fingerprint density at radius 2 is 2.14 bits per heavy atom. The minimum Gasteiger partial charge on any atom is -0.381 e. The van der Waals surface area contributed by atoms with Crippen LogP contribution in [0.4, 0.5) is 0 Å². The summed E-state index contributed by atoms with van der Waals surface area (Å²) in [6.45, 7) is 7.35. The Labute approximate surface area is 170 Å². The molecule has 1 saturated heterocycles. The normalized spacial score (nSPS) is 21.8. The van der Waals surface area contributed by atoms with Gasteiger partial charge in [-0.25, -0.2) is 0 Å². The van der Waals surface area contributed by atoms with E-state index < -0.39 is 0 Å². The van der Waals surface area contributed by atoms with Crippen molar-refractivity contribution >= 4 is 5.96 Å². The van der Waals surface area contributed by atoms with Crippen molar-refractivity contribution in [1.29, 1.82) is 0 Å². The van der Waals surface area contributed by atoms with Crippen LogP contribution < -0.4 is 10.6 Å². The number of guanidine groups is 1. The van der Waals surface area contributed by atoms with Gasteiger partial charge in [-0.2, -0.15) is 0 Å². The minimum absolute atomic E-state index is 0.232. The molecule has 0 spiro atoms. The first-order chi connectivity index (χ1) is 13.7. The summed E-state index contributed by atoms with van der Waals surface area (Å²) in [5.74, 6) is 1.48. The number of nitrogens with zero attached hydrogens (tertiary/aromatic N) is 1. The maximum atomic E-state index is 5.78. The van der Waals surface area contributed by atoms with Crippen LogP contribution in [0.25, 0.3) is 0 Å². The van der Waals surface area contributed by atoms with E-state index in [2.05, 4.69) is 46.8 Å². The quantitative estimate of drug-likeness (QED) is 0.387. The second-order valence-electron chi connectivity index (χ2n) is 8.37. The van der Waals surface area contributed by atoms with Crippen molar-refractivity contribution < 1.29 is 9.47 Å². The molecule has 1 aromatic carbocycles. The van der Waals surface area contributed by atoms with Gasteiger partial charge in [0.05, 0.1) is 13.2 Å². The highest BCUT2D eigenvalue weighted by Crippen LogP contribution is 2.40. The van der Waals surface area contributed by atoms with Crippen molar-refractivity contribution in [3.63, 3.8) is 0 Å². The highest BCUT2D eigenvalue weighted by Gasteiger charge is 2.35. The standard InChI is InChI=1S/C23H37N3O2/c1-19-7-5-8-21(15-19)23(10-3-4-11-23)18-26-22(24-2)25-12-6-13-27-16-20-9-14-28-17-20/h5,7-8,15,20H,3-4,6,9-14,16-18H2,1-2H3,(H2,24,25,26). The van der Waals surface area contributed by atoms with Crippen LogP contribution in [-0.4, -0.2) is 52.5 Å². The SMILES string of the molecule is CN=C(NCCCOCC1CCOC1)NCC1(c2cccc(C)c2)CCCC1. The van der Waals surface area contributed by atoms with E-state index >= 15 is 0 Å². The fraction of sp³-hybridized carbons (Fsp3) is 0.696. The average molecular weight is 388 g/mol. The fourth-order valence-electron chi connectivity index (χ4n) is 4.41. The van der Waals surface area contributed by atoms with Gasteiger partial charge in [0.25, 0.3) is 0 Å². The first kappa shape index (κ1) is 21.1. The smallest absolute Gasteiger partial charge is 0.191 e. The molecule has 1 heterocycles. The Balaban J connectivity index is 1.40. The number of hydrogen-bond acceptors (Lipinski definition) is 3. The van der Waals surface area contributed by atoms with E-state index in [1.165, 1.54) is 36.8 Å². The van der Waals surface area contributed by atoms with E-state index in [9.17, 15) is 0 Å². The van der Waals surface area contributed by atoms with Gasteiger partial charge in [-0.05, 0) is 38.2 Å². The summed E-state index contributed by atoms with van der Waals surface area (Å²) in [6.07, 6.45) is 7.24. The molecule has 0 bridgehead atoms. The van der Waals surface area contributed by atoms with E-state index in [1.54, 1.807) is 0 Å². The van der Waals surface area contributed by atoms with Crippen molar-refractivity contribution in [2.24, 2.45) is 10.9 Å². The molecular formula is C23H37N3O2. The number of ether oxygens (including phenoxy) is 2. The van der Waals surface area contributed by atoms with Crippen LogP contribution in [0.3, 0.4) is 0 Å². The van der Waals surface area contributed by atoms with E-state index in [1.807, 2.05) is 7.05 Å². The van der Waals surface area contributed by atoms with Gasteiger partial charge < -0.3 is 20.1 Å². The molecule has 0 amide bonds. The zero-order chi connectivity index (χ0) is 19.7. The summed E-state index contributed by atoms with van der Waals surface area (Å²) in [4.78, 5) is 4.41. The Bertz CT molecular complexity index is 620. The molecule has 5 heteroatoms. The van der Waals surface area contributed by atoms with Crippen molar-refractivity contribution in [2.45, 2.75) is 50.9 Å². The van der Waals surface area contributed by atoms with E-state index in [0.29, 0.717) is 5.92 Å². The van der Waals surface area contributed by atoms with Crippen LogP contribution in [0, 0.1) is 12.8 Å². The molecule has 0 radical (unpaired) electrons. The molecule has 156 valence electrons. The van der Waals surface area contributed by atoms with Gasteiger partial charge >= 0.3 is 0 Å². The molecule has 1 aliphatic carbocycles. The Hall–Kier alpha value is -1.59. The summed E-state index contributed by atoms with van der Waals surface area (Å²) < 4.78 is 11.2. The van der Waals surface area contributed by atoms with Gasteiger partial charge in [0, 0.05) is 44.7 Å². The number of hydrogen-bond donors (Lipinski definition) is 2. The van der Waals surface area contributed by atoms with Gasteiger partial charge in [-0.15, -0.1) is 0 Å². The predicted molar refractivity (Wildman–Crippen MR) is 115 cm³/mol. The molecule has 2 aliphatic rings. The van der Waals surface area contributed by atoms with Gasteiger partial charge in [-0.3, -0.25) is 4.99 Å². The molecule has 1 aliphatic heterocycles. The monoisotopic (exact) mass is 387 g/mol. The lowest BCUT2D eigenvalue weighted by Gasteiger charge is -2.31. The van der Waals surface area contributed by atoms with Crippen molar-refractivity contribution in [3.05, 3.63) is 35.4 Å². The lowest BCUT2D eigenvalue weighted by molar-refractivity contribution is 0.0888. The largest absolute Gasteiger partial charge is 0.381 e. The van der Waals surface area contributed by atoms with E-state index in [4.69, 9.17) is 9.47 Å². The number of nitrogens with one attached hydrogen (secondary N) is 2. The van der Waals surface area contributed by atoms with Crippen molar-refractivity contribution in [2.75, 3.05) is 46.6 Å². The van der Waals surface area contributed by atoms with Crippen molar-refractivity contribution in [3.8, 4) is 0 Å². The Kier molecular flexibility index (Phi) is 8.16. The summed E-state index contributed by atoms with van der Waals surface area (Å²) in [5, 5.41) is 7.02. The van der Waals surface area contributed by atoms with Gasteiger partial charge in [0.2, 0.25) is 0 Å². The minimum atomic E-state index is 0.232. The number of rotatable bonds is 9. The van der Waals surface area contributed by atoms with E-state index in [-0.39, 0.29) is 5.41 Å². The van der Waals surface area contributed by atoms with Crippen LogP contribution in [0.5, 0.6) is 0 Å². The van der Waals surface area contributed by atoms with Crippen LogP contribution in [0.1, 0.15) is 49.7 Å². The Morgan fingerprint density at radius 1 is 1.29 bits per heavy atom. The molecule has 2 N–H and O–H groups in total. The van der Waals surface area contributed by atoms with Crippen molar-refractivity contribution in [1.82, 2.24) is 10.6 Å². The maximum absolute atomic E-state index is 5.78. The summed E-state index contributed by atoms with van der Waals surface area (Å²) in [6, 6.07) is 9.02. The zero-order valence-electron chi connectivity index (χ0n) is 17.6. The lowest BCUT2D eigenvalue weighted by Crippen LogP contribution is -2.45. The van der Waals surface area contributed by atoms with Crippen LogP contribution in [-0.2, 0) is 14.9 Å². The molecule has 1 unspecified atom stereocenters. The molecule has 5 nitrogen and oxygen atoms in total. The zero-order valence-corrected chi connectivity index (χ0v) is 17.6. The third-order valence-electron chi connectivity index (χ3n) is 6.14. The number of aryl methyl sites for hydroxylation is 1. The second-order valence-corrected chi connectivity index (χ2v) is 8.37. The maximum Gasteiger partial charge on any atom is 0.191 e. The van der Waals surface area contributed by atoms with Crippen LogP contribution >= 0.6 is 0 Å². The van der Waals surface area contributed by atoms with Crippen LogP contribution in [0.2, 0.25) is 0 Å². The molecule has 2 fully saturated rings. The molecule has 0 aromatic heterocycles. The highest BCUT2D eigenvalue weighted by molar-refractivity contribution is 5.79. The summed E-state index contributed by atoms with van der Waals surface area (Å²) >= 11 is 0. The number of aliphatic imine (C=N–C) groups is 1. The molecule has 1 aromatic rings. The topological polar surface area (TPSA) is 54.9 Å². The molecule has 1 atom stereocenters. The van der Waals surface area contributed by atoms with Gasteiger partial charge in [-0.1, -0.05) is 42.7 Å². The highest BCUT2D eigenvalue weighted by atomic mass is 16.5. The Morgan fingerprint density at radius 3 is 2.86 bits per heavy atom. The molecule has 3 rings (SSSR count). The fourth-order valence-corrected chi connectivity index (χ4v) is 4.41. The third kappa shape index (κ3) is 5.95. The van der Waals surface area contributed by atoms with Gasteiger partial charge in [0.15, 0.2) is 5.96 Å². The third-order valence-corrected chi connectivity index (χ3v) is 6.14. The lowest BCUT2D eigenvalue weighted by atomic mass is 9.78. The molecule has 1 saturated carbocycles. The first-order valence-corrected chi connectivity index (χ1v) is 10.9. The number of benzene rings is 1. The predicted octanol–water partition coefficient (Wildman–Crippen LogP) is 3.42. The van der Waals surface area contributed by atoms with Gasteiger partial charge in [0.1, 0.15) is 0 Å². The second kappa shape index (κ2) is 10.8. The summed E-state index contributed by atoms with van der Waals surface area (Å²) in [7, 11) is 1.85. The van der Waals surface area contributed by atoms with Crippen LogP contribution in [0.15, 0.2) is 29.3 Å². The molecular weight excluding hydrogens is 350 g/mol. The van der Waals surface area contributed by atoms with E-state index in [0.717, 1.165) is 58.3 Å². The first-order valence-electron chi connectivity index (χ1n) is 10.9. The summed E-state index contributed by atoms with van der Waals surface area (Å²) in [5.41, 5.74) is 3.04. The molecule has 28 heavy (non-hydrogen) atoms. The average Bonchev–Trinajstić information content (AvgIpc) is 3.39.